The monoisotopic (exact) mass is 415 g/mol. The highest BCUT2D eigenvalue weighted by atomic mass is 16.4. The maximum absolute atomic E-state index is 12.4. The van der Waals surface area contributed by atoms with Crippen molar-refractivity contribution in [2.45, 2.75) is 37.9 Å². The van der Waals surface area contributed by atoms with Gasteiger partial charge < -0.3 is 31.7 Å². The average Bonchev–Trinajstić information content (AvgIpc) is 2.70. The van der Waals surface area contributed by atoms with Gasteiger partial charge in [0.15, 0.2) is 0 Å². The molecule has 0 spiro atoms. The van der Waals surface area contributed by atoms with Gasteiger partial charge in [0.1, 0.15) is 23.6 Å². The topological polar surface area (TPSA) is 162 Å². The second-order valence-electron chi connectivity index (χ2n) is 6.98. The maximum Gasteiger partial charge on any atom is 0.326 e. The van der Waals surface area contributed by atoms with E-state index in [-0.39, 0.29) is 24.3 Å². The highest BCUT2D eigenvalue weighted by Crippen LogP contribution is 2.12. The summed E-state index contributed by atoms with van der Waals surface area (Å²) in [5.41, 5.74) is 7.24. The van der Waals surface area contributed by atoms with Gasteiger partial charge in [0.2, 0.25) is 11.8 Å². The Morgan fingerprint density at radius 3 is 1.77 bits per heavy atom. The Bertz CT molecular complexity index is 883. The van der Waals surface area contributed by atoms with Crippen LogP contribution in [0, 0.1) is 0 Å². The summed E-state index contributed by atoms with van der Waals surface area (Å²) < 4.78 is 0. The van der Waals surface area contributed by atoms with Gasteiger partial charge in [0.25, 0.3) is 0 Å². The molecular formula is C21H25N3O6. The third-order valence-electron chi connectivity index (χ3n) is 4.47. The largest absolute Gasteiger partial charge is 0.508 e. The van der Waals surface area contributed by atoms with Gasteiger partial charge in [0.05, 0.1) is 6.04 Å². The van der Waals surface area contributed by atoms with E-state index in [1.807, 2.05) is 0 Å². The molecule has 160 valence electrons. The molecule has 2 aromatic carbocycles. The van der Waals surface area contributed by atoms with Gasteiger partial charge in [-0.05, 0) is 48.7 Å². The average molecular weight is 415 g/mol. The number of hydrogen-bond donors (Lipinski definition) is 6. The molecule has 0 radical (unpaired) electrons. The Hall–Kier alpha value is -3.59. The number of phenolic OH excluding ortho intramolecular Hbond substituents is 2. The summed E-state index contributed by atoms with van der Waals surface area (Å²) in [6.45, 7) is 1.43. The van der Waals surface area contributed by atoms with Crippen LogP contribution in [0.5, 0.6) is 11.5 Å². The van der Waals surface area contributed by atoms with Crippen LogP contribution in [0.2, 0.25) is 0 Å². The number of carbonyl (C=O) groups excluding carboxylic acids is 2. The van der Waals surface area contributed by atoms with Crippen molar-refractivity contribution in [2.75, 3.05) is 0 Å². The fourth-order valence-corrected chi connectivity index (χ4v) is 2.73. The molecule has 2 amide bonds. The van der Waals surface area contributed by atoms with E-state index in [1.54, 1.807) is 24.3 Å². The normalized spacial score (nSPS) is 13.7. The predicted molar refractivity (Wildman–Crippen MR) is 109 cm³/mol. The number of benzene rings is 2. The molecule has 0 fully saturated rings. The highest BCUT2D eigenvalue weighted by Gasteiger charge is 2.25. The van der Waals surface area contributed by atoms with Gasteiger partial charge in [-0.15, -0.1) is 0 Å². The number of carboxylic acid groups (broad SMARTS) is 1. The second-order valence-corrected chi connectivity index (χ2v) is 6.98. The number of aromatic hydroxyl groups is 2. The van der Waals surface area contributed by atoms with Crippen LogP contribution in [0.3, 0.4) is 0 Å². The fourth-order valence-electron chi connectivity index (χ4n) is 2.73. The molecular weight excluding hydrogens is 390 g/mol. The zero-order valence-electron chi connectivity index (χ0n) is 16.4. The van der Waals surface area contributed by atoms with Crippen molar-refractivity contribution in [1.29, 1.82) is 0 Å². The number of amides is 2. The SMILES string of the molecule is CC(NC(=O)C(N)Cc1ccc(O)cc1)C(=O)NC(Cc1ccc(O)cc1)C(=O)O. The lowest BCUT2D eigenvalue weighted by Gasteiger charge is -2.20. The Morgan fingerprint density at radius 2 is 1.30 bits per heavy atom. The predicted octanol–water partition coefficient (Wildman–Crippen LogP) is 0.284. The second kappa shape index (κ2) is 10.3. The fraction of sp³-hybridized carbons (Fsp3) is 0.286. The third kappa shape index (κ3) is 6.78. The molecule has 7 N–H and O–H groups in total. The highest BCUT2D eigenvalue weighted by molar-refractivity contribution is 5.91. The van der Waals surface area contributed by atoms with Crippen LogP contribution in [0.4, 0.5) is 0 Å². The molecule has 0 saturated carbocycles. The molecule has 0 heterocycles. The summed E-state index contributed by atoms with van der Waals surface area (Å²) in [6.07, 6.45) is 0.224. The van der Waals surface area contributed by atoms with Gasteiger partial charge in [0, 0.05) is 6.42 Å². The Morgan fingerprint density at radius 1 is 0.833 bits per heavy atom. The van der Waals surface area contributed by atoms with E-state index in [4.69, 9.17) is 5.73 Å². The van der Waals surface area contributed by atoms with E-state index in [9.17, 15) is 29.7 Å². The van der Waals surface area contributed by atoms with Crippen molar-refractivity contribution < 1.29 is 29.7 Å². The molecule has 3 unspecified atom stereocenters. The van der Waals surface area contributed by atoms with Gasteiger partial charge in [-0.1, -0.05) is 24.3 Å². The maximum atomic E-state index is 12.4. The summed E-state index contributed by atoms with van der Waals surface area (Å²) >= 11 is 0. The van der Waals surface area contributed by atoms with Gasteiger partial charge >= 0.3 is 5.97 Å². The standard InChI is InChI=1S/C21H25N3O6/c1-12(23-20(28)17(22)10-13-2-6-15(25)7-3-13)19(27)24-18(21(29)30)11-14-4-8-16(26)9-5-14/h2-9,12,17-18,25-26H,10-11,22H2,1H3,(H,23,28)(H,24,27)(H,29,30). The smallest absolute Gasteiger partial charge is 0.326 e. The zero-order valence-corrected chi connectivity index (χ0v) is 16.4. The van der Waals surface area contributed by atoms with Gasteiger partial charge in [-0.25, -0.2) is 4.79 Å². The Kier molecular flexibility index (Phi) is 7.76. The lowest BCUT2D eigenvalue weighted by atomic mass is 10.0. The van der Waals surface area contributed by atoms with E-state index < -0.39 is 35.9 Å². The molecule has 0 aromatic heterocycles. The summed E-state index contributed by atoms with van der Waals surface area (Å²) in [7, 11) is 0. The number of hydrogen-bond acceptors (Lipinski definition) is 6. The first-order valence-electron chi connectivity index (χ1n) is 9.30. The lowest BCUT2D eigenvalue weighted by Crippen LogP contribution is -2.54. The lowest BCUT2D eigenvalue weighted by molar-refractivity contribution is -0.142. The zero-order chi connectivity index (χ0) is 22.3. The number of aliphatic carboxylic acids is 1. The molecule has 30 heavy (non-hydrogen) atoms. The van der Waals surface area contributed by atoms with Crippen LogP contribution in [-0.4, -0.2) is 51.2 Å². The van der Waals surface area contributed by atoms with Crippen LogP contribution >= 0.6 is 0 Å². The molecule has 0 saturated heterocycles. The molecule has 2 aromatic rings. The van der Waals surface area contributed by atoms with Crippen molar-refractivity contribution >= 4 is 17.8 Å². The van der Waals surface area contributed by atoms with Crippen LogP contribution in [-0.2, 0) is 27.2 Å². The van der Waals surface area contributed by atoms with Crippen LogP contribution in [0.1, 0.15) is 18.1 Å². The van der Waals surface area contributed by atoms with Gasteiger partial charge in [-0.2, -0.15) is 0 Å². The Balaban J connectivity index is 1.90. The van der Waals surface area contributed by atoms with E-state index in [0.717, 1.165) is 5.56 Å². The quantitative estimate of drug-likeness (QED) is 0.343. The number of carboxylic acids is 1. The number of nitrogens with one attached hydrogen (secondary N) is 2. The molecule has 0 bridgehead atoms. The first-order chi connectivity index (χ1) is 14.2. The molecule has 0 aliphatic carbocycles. The third-order valence-corrected chi connectivity index (χ3v) is 4.47. The summed E-state index contributed by atoms with van der Waals surface area (Å²) in [5, 5.41) is 32.8. The van der Waals surface area contributed by atoms with E-state index in [0.29, 0.717) is 5.56 Å². The molecule has 9 nitrogen and oxygen atoms in total. The van der Waals surface area contributed by atoms with E-state index in [2.05, 4.69) is 10.6 Å². The molecule has 3 atom stereocenters. The van der Waals surface area contributed by atoms with Crippen molar-refractivity contribution in [3.05, 3.63) is 59.7 Å². The minimum atomic E-state index is -1.22. The first kappa shape index (κ1) is 22.7. The number of rotatable bonds is 9. The van der Waals surface area contributed by atoms with Crippen molar-refractivity contribution in [3.8, 4) is 11.5 Å². The molecule has 2 rings (SSSR count). The van der Waals surface area contributed by atoms with Gasteiger partial charge in [-0.3, -0.25) is 9.59 Å². The van der Waals surface area contributed by atoms with E-state index in [1.165, 1.54) is 31.2 Å². The van der Waals surface area contributed by atoms with E-state index >= 15 is 0 Å². The van der Waals surface area contributed by atoms with Crippen LogP contribution < -0.4 is 16.4 Å². The molecule has 0 aliphatic heterocycles. The Labute approximate surface area is 173 Å². The van der Waals surface area contributed by atoms with Crippen LogP contribution in [0.25, 0.3) is 0 Å². The number of carbonyl (C=O) groups is 3. The summed E-state index contributed by atoms with van der Waals surface area (Å²) in [6, 6.07) is 9.10. The molecule has 0 aliphatic rings. The molecule has 9 heteroatoms. The van der Waals surface area contributed by atoms with Crippen molar-refractivity contribution in [2.24, 2.45) is 5.73 Å². The number of nitrogens with two attached hydrogens (primary N) is 1. The minimum Gasteiger partial charge on any atom is -0.508 e. The van der Waals surface area contributed by atoms with Crippen molar-refractivity contribution in [3.63, 3.8) is 0 Å². The first-order valence-corrected chi connectivity index (χ1v) is 9.30. The summed E-state index contributed by atoms with van der Waals surface area (Å²) in [4.78, 5) is 36.1. The van der Waals surface area contributed by atoms with Crippen LogP contribution in [0.15, 0.2) is 48.5 Å². The van der Waals surface area contributed by atoms with Crippen molar-refractivity contribution in [1.82, 2.24) is 10.6 Å². The summed E-state index contributed by atoms with van der Waals surface area (Å²) in [5.74, 6) is -2.29. The number of phenols is 2. The minimum absolute atomic E-state index is 0.0163.